The van der Waals surface area contributed by atoms with Crippen molar-refractivity contribution in [2.24, 2.45) is 5.92 Å². The number of fused-ring (bicyclic) bond motifs is 3. The summed E-state index contributed by atoms with van der Waals surface area (Å²) in [4.78, 5) is 8.64. The molecule has 1 aromatic heterocycles. The van der Waals surface area contributed by atoms with Crippen molar-refractivity contribution in [2.45, 2.75) is 69.5 Å². The molecule has 1 aliphatic heterocycles. The van der Waals surface area contributed by atoms with E-state index in [0.717, 1.165) is 53.9 Å². The van der Waals surface area contributed by atoms with Gasteiger partial charge in [-0.1, -0.05) is 25.1 Å². The fraction of sp³-hybridized carbons (Fsp3) is 0.458. The van der Waals surface area contributed by atoms with Gasteiger partial charge in [-0.2, -0.15) is 4.31 Å². The Hall–Kier alpha value is -2.38. The minimum Gasteiger partial charge on any atom is -0.489 e. The maximum Gasteiger partial charge on any atom is 0.244 e. The number of nitrogens with zero attached hydrogens (tertiary/aromatic N) is 2. The molecule has 1 aliphatic carbocycles. The Morgan fingerprint density at radius 3 is 2.65 bits per heavy atom. The number of hydrogen-bond acceptors (Lipinski definition) is 4. The minimum atomic E-state index is -3.62. The zero-order valence-electron chi connectivity index (χ0n) is 18.2. The van der Waals surface area contributed by atoms with Gasteiger partial charge in [0.2, 0.25) is 10.0 Å². The summed E-state index contributed by atoms with van der Waals surface area (Å²) in [6, 6.07) is 12.9. The second-order valence-electron chi connectivity index (χ2n) is 8.95. The third-order valence-corrected chi connectivity index (χ3v) is 8.52. The van der Waals surface area contributed by atoms with Crippen LogP contribution in [0.25, 0.3) is 11.0 Å². The summed E-state index contributed by atoms with van der Waals surface area (Å²) in [7, 11) is -3.62. The van der Waals surface area contributed by atoms with Gasteiger partial charge in [0.05, 0.1) is 22.6 Å². The second-order valence-corrected chi connectivity index (χ2v) is 10.8. The molecule has 7 heteroatoms. The number of aromatic nitrogens is 2. The van der Waals surface area contributed by atoms with Gasteiger partial charge in [-0.05, 0) is 75.3 Å². The molecule has 1 N–H and O–H groups in total. The molecule has 3 atom stereocenters. The third kappa shape index (κ3) is 3.44. The molecule has 164 valence electrons. The number of imidazole rings is 1. The van der Waals surface area contributed by atoms with Crippen LogP contribution in [0, 0.1) is 5.92 Å². The lowest BCUT2D eigenvalue weighted by Gasteiger charge is -2.33. The molecule has 0 unspecified atom stereocenters. The average Bonchev–Trinajstić information content (AvgIpc) is 3.47. The standard InChI is InChI=1S/C24H29N3O3S/c1-4-16-8-12-19(13-9-16)31(28,29)27-18-11-10-17(14-18)23(27)24-25-20-6-5-7-21(22(20)26-24)30-15(2)3/h5-9,12-13,15,17-18,23H,4,10-11,14H2,1-3H3,(H,25,26)/t17-,18+,23-/m0/s1. The number of piperidine rings is 1. The van der Waals surface area contributed by atoms with Gasteiger partial charge in [0.1, 0.15) is 17.1 Å². The topological polar surface area (TPSA) is 75.3 Å². The molecular weight excluding hydrogens is 410 g/mol. The summed E-state index contributed by atoms with van der Waals surface area (Å²) in [5, 5.41) is 0. The first-order chi connectivity index (χ1) is 14.9. The monoisotopic (exact) mass is 439 g/mol. The summed E-state index contributed by atoms with van der Waals surface area (Å²) in [5.74, 6) is 1.73. The summed E-state index contributed by atoms with van der Waals surface area (Å²) < 4.78 is 35.1. The van der Waals surface area contributed by atoms with E-state index in [0.29, 0.717) is 4.90 Å². The molecule has 2 bridgehead atoms. The molecule has 0 radical (unpaired) electrons. The van der Waals surface area contributed by atoms with Crippen molar-refractivity contribution in [2.75, 3.05) is 0 Å². The molecule has 6 nitrogen and oxygen atoms in total. The van der Waals surface area contributed by atoms with E-state index in [1.54, 1.807) is 16.4 Å². The summed E-state index contributed by atoms with van der Waals surface area (Å²) >= 11 is 0. The highest BCUT2D eigenvalue weighted by molar-refractivity contribution is 7.89. The fourth-order valence-corrected chi connectivity index (χ4v) is 7.05. The molecule has 2 aromatic carbocycles. The fourth-order valence-electron chi connectivity index (χ4n) is 5.17. The van der Waals surface area contributed by atoms with Crippen LogP contribution in [-0.2, 0) is 16.4 Å². The highest BCUT2D eigenvalue weighted by Gasteiger charge is 2.53. The van der Waals surface area contributed by atoms with E-state index < -0.39 is 10.0 Å². The number of nitrogens with one attached hydrogen (secondary N) is 1. The number of rotatable bonds is 6. The number of aryl methyl sites for hydroxylation is 1. The van der Waals surface area contributed by atoms with Crippen LogP contribution < -0.4 is 4.74 Å². The van der Waals surface area contributed by atoms with E-state index in [1.165, 1.54) is 0 Å². The number of hydrogen-bond donors (Lipinski definition) is 1. The van der Waals surface area contributed by atoms with Crippen molar-refractivity contribution in [3.05, 3.63) is 53.9 Å². The molecule has 1 saturated heterocycles. The van der Waals surface area contributed by atoms with Crippen molar-refractivity contribution < 1.29 is 13.2 Å². The van der Waals surface area contributed by atoms with Gasteiger partial charge in [-0.3, -0.25) is 0 Å². The first-order valence-electron chi connectivity index (χ1n) is 11.2. The number of aromatic amines is 1. The van der Waals surface area contributed by atoms with Gasteiger partial charge in [-0.15, -0.1) is 0 Å². The molecule has 0 spiro atoms. The highest BCUT2D eigenvalue weighted by atomic mass is 32.2. The highest BCUT2D eigenvalue weighted by Crippen LogP contribution is 2.52. The number of sulfonamides is 1. The van der Waals surface area contributed by atoms with Gasteiger partial charge >= 0.3 is 0 Å². The van der Waals surface area contributed by atoms with E-state index in [4.69, 9.17) is 9.72 Å². The van der Waals surface area contributed by atoms with Gasteiger partial charge in [0.15, 0.2) is 0 Å². The molecule has 31 heavy (non-hydrogen) atoms. The predicted molar refractivity (Wildman–Crippen MR) is 121 cm³/mol. The maximum atomic E-state index is 13.7. The van der Waals surface area contributed by atoms with Gasteiger partial charge in [-0.25, -0.2) is 13.4 Å². The van der Waals surface area contributed by atoms with E-state index >= 15 is 0 Å². The maximum absolute atomic E-state index is 13.7. The summed E-state index contributed by atoms with van der Waals surface area (Å²) in [6.07, 6.45) is 3.76. The van der Waals surface area contributed by atoms with Crippen LogP contribution in [0.2, 0.25) is 0 Å². The number of H-pyrrole nitrogens is 1. The Labute approximate surface area is 183 Å². The van der Waals surface area contributed by atoms with Gasteiger partial charge in [0.25, 0.3) is 0 Å². The van der Waals surface area contributed by atoms with Crippen molar-refractivity contribution >= 4 is 21.1 Å². The van der Waals surface area contributed by atoms with Crippen LogP contribution in [-0.4, -0.2) is 34.8 Å². The normalized spacial score (nSPS) is 23.8. The van der Waals surface area contributed by atoms with Gasteiger partial charge < -0.3 is 9.72 Å². The van der Waals surface area contributed by atoms with Crippen LogP contribution >= 0.6 is 0 Å². The largest absolute Gasteiger partial charge is 0.489 e. The molecule has 5 rings (SSSR count). The number of benzene rings is 2. The third-order valence-electron chi connectivity index (χ3n) is 6.57. The first kappa shape index (κ1) is 20.5. The van der Waals surface area contributed by atoms with Crippen LogP contribution in [0.3, 0.4) is 0 Å². The summed E-state index contributed by atoms with van der Waals surface area (Å²) in [6.45, 7) is 6.04. The molecule has 3 aromatic rings. The van der Waals surface area contributed by atoms with Crippen LogP contribution in [0.1, 0.15) is 57.5 Å². The molecule has 1 saturated carbocycles. The number of ether oxygens (including phenoxy) is 1. The molecular formula is C24H29N3O3S. The van der Waals surface area contributed by atoms with E-state index in [9.17, 15) is 8.42 Å². The van der Waals surface area contributed by atoms with E-state index in [-0.39, 0.29) is 24.1 Å². The lowest BCUT2D eigenvalue weighted by molar-refractivity contribution is 0.237. The molecule has 2 fully saturated rings. The lowest BCUT2D eigenvalue weighted by Crippen LogP contribution is -2.40. The zero-order valence-corrected chi connectivity index (χ0v) is 19.0. The van der Waals surface area contributed by atoms with Crippen LogP contribution in [0.4, 0.5) is 0 Å². The minimum absolute atomic E-state index is 0.0328. The summed E-state index contributed by atoms with van der Waals surface area (Å²) in [5.41, 5.74) is 2.77. The Bertz CT molecular complexity index is 1200. The van der Waals surface area contributed by atoms with Crippen LogP contribution in [0.15, 0.2) is 47.4 Å². The van der Waals surface area contributed by atoms with E-state index in [1.807, 2.05) is 44.2 Å². The van der Waals surface area contributed by atoms with Crippen molar-refractivity contribution in [1.82, 2.24) is 14.3 Å². The molecule has 2 aliphatic rings. The Balaban J connectivity index is 1.56. The molecule has 2 heterocycles. The first-order valence-corrected chi connectivity index (χ1v) is 12.6. The Morgan fingerprint density at radius 2 is 1.94 bits per heavy atom. The van der Waals surface area contributed by atoms with Crippen molar-refractivity contribution in [3.8, 4) is 5.75 Å². The SMILES string of the molecule is CCc1ccc(S(=O)(=O)N2[C@@H]3CC[C@@H](C3)[C@H]2c2nc3c(OC(C)C)cccc3[nH]2)cc1. The number of para-hydroxylation sites is 1. The van der Waals surface area contributed by atoms with E-state index in [2.05, 4.69) is 11.9 Å². The lowest BCUT2D eigenvalue weighted by atomic mass is 9.99. The second kappa shape index (κ2) is 7.64. The zero-order chi connectivity index (χ0) is 21.8. The van der Waals surface area contributed by atoms with Crippen molar-refractivity contribution in [3.63, 3.8) is 0 Å². The van der Waals surface area contributed by atoms with Gasteiger partial charge in [0, 0.05) is 6.04 Å². The predicted octanol–water partition coefficient (Wildman–Crippen LogP) is 4.83. The Kier molecular flexibility index (Phi) is 5.06. The van der Waals surface area contributed by atoms with Crippen LogP contribution in [0.5, 0.6) is 5.75 Å². The molecule has 0 amide bonds. The smallest absolute Gasteiger partial charge is 0.244 e. The quantitative estimate of drug-likeness (QED) is 0.597. The average molecular weight is 440 g/mol. The Morgan fingerprint density at radius 1 is 1.16 bits per heavy atom. The van der Waals surface area contributed by atoms with Crippen molar-refractivity contribution in [1.29, 1.82) is 0 Å².